The number of rotatable bonds is 6. The summed E-state index contributed by atoms with van der Waals surface area (Å²) < 4.78 is 5.10. The van der Waals surface area contributed by atoms with E-state index in [0.29, 0.717) is 5.69 Å². The van der Waals surface area contributed by atoms with Crippen molar-refractivity contribution in [2.45, 2.75) is 17.1 Å². The predicted molar refractivity (Wildman–Crippen MR) is 96.9 cm³/mol. The molecule has 0 fully saturated rings. The van der Waals surface area contributed by atoms with E-state index in [1.54, 1.807) is 13.2 Å². The summed E-state index contributed by atoms with van der Waals surface area (Å²) >= 11 is 7.40. The Labute approximate surface area is 149 Å². The minimum atomic E-state index is -0.610. The number of thioether (sulfide) groups is 1. The molecule has 0 saturated heterocycles. The Balaban J connectivity index is 2.00. The molecule has 2 rings (SSSR count). The third-order valence-electron chi connectivity index (χ3n) is 3.24. The second-order valence-corrected chi connectivity index (χ2v) is 6.81. The monoisotopic (exact) mass is 364 g/mol. The lowest BCUT2D eigenvalue weighted by molar-refractivity contribution is -0.115. The number of benzene rings is 2. The number of carbonyl (C=O) groups excluding carboxylic acids is 2. The molecule has 0 heterocycles. The normalized spacial score (nSPS) is 11.6. The average molecular weight is 365 g/mol. The van der Waals surface area contributed by atoms with Crippen molar-refractivity contribution in [2.24, 2.45) is 5.73 Å². The van der Waals surface area contributed by atoms with E-state index in [-0.39, 0.29) is 21.7 Å². The first-order valence-electron chi connectivity index (χ1n) is 7.11. The minimum absolute atomic E-state index is 0.168. The van der Waals surface area contributed by atoms with Gasteiger partial charge in [0, 0.05) is 10.6 Å². The summed E-state index contributed by atoms with van der Waals surface area (Å²) in [7, 11) is 1.60. The van der Waals surface area contributed by atoms with Crippen LogP contribution < -0.4 is 15.8 Å². The second kappa shape index (κ2) is 8.08. The topological polar surface area (TPSA) is 81.4 Å². The van der Waals surface area contributed by atoms with Crippen LogP contribution in [-0.4, -0.2) is 24.2 Å². The number of halogens is 1. The quantitative estimate of drug-likeness (QED) is 0.768. The molecule has 0 aliphatic carbocycles. The highest BCUT2D eigenvalue weighted by Crippen LogP contribution is 2.27. The molecule has 0 aliphatic rings. The Morgan fingerprint density at radius 3 is 2.42 bits per heavy atom. The summed E-state index contributed by atoms with van der Waals surface area (Å²) in [5.41, 5.74) is 5.93. The zero-order chi connectivity index (χ0) is 17.7. The smallest absolute Gasteiger partial charge is 0.250 e. The minimum Gasteiger partial charge on any atom is -0.497 e. The van der Waals surface area contributed by atoms with Gasteiger partial charge in [-0.2, -0.15) is 0 Å². The fourth-order valence-electron chi connectivity index (χ4n) is 1.95. The Bertz CT molecular complexity index is 750. The maximum absolute atomic E-state index is 12.3. The fraction of sp³-hybridized carbons (Fsp3) is 0.176. The van der Waals surface area contributed by atoms with Crippen LogP contribution in [0.3, 0.4) is 0 Å². The van der Waals surface area contributed by atoms with Gasteiger partial charge in [0.05, 0.1) is 22.9 Å². The summed E-state index contributed by atoms with van der Waals surface area (Å²) in [5, 5.41) is 2.66. The number of primary amides is 1. The molecule has 2 amide bonds. The van der Waals surface area contributed by atoms with Gasteiger partial charge in [0.25, 0.3) is 0 Å². The number of hydrogen-bond donors (Lipinski definition) is 2. The van der Waals surface area contributed by atoms with Gasteiger partial charge >= 0.3 is 0 Å². The molecule has 2 aromatic carbocycles. The zero-order valence-corrected chi connectivity index (χ0v) is 14.8. The summed E-state index contributed by atoms with van der Waals surface area (Å²) in [5.74, 6) is -0.0133. The number of anilines is 1. The number of carbonyl (C=O) groups is 2. The molecule has 5 nitrogen and oxygen atoms in total. The largest absolute Gasteiger partial charge is 0.497 e. The highest BCUT2D eigenvalue weighted by atomic mass is 35.5. The number of nitrogens with one attached hydrogen (secondary N) is 1. The third-order valence-corrected chi connectivity index (χ3v) is 4.67. The molecule has 0 saturated carbocycles. The van der Waals surface area contributed by atoms with Crippen LogP contribution in [0.4, 0.5) is 5.69 Å². The van der Waals surface area contributed by atoms with Gasteiger partial charge in [0.2, 0.25) is 11.8 Å². The molecule has 0 aliphatic heterocycles. The van der Waals surface area contributed by atoms with Crippen LogP contribution in [0.5, 0.6) is 5.75 Å². The Hall–Kier alpha value is -2.18. The SMILES string of the molecule is COc1ccc(SC(C)C(=O)Nc2ccc(C(N)=O)c(Cl)c2)cc1. The van der Waals surface area contributed by atoms with Crippen molar-refractivity contribution < 1.29 is 14.3 Å². The first-order chi connectivity index (χ1) is 11.4. The fourth-order valence-corrected chi connectivity index (χ4v) is 3.09. The number of amides is 2. The molecule has 1 unspecified atom stereocenters. The van der Waals surface area contributed by atoms with Gasteiger partial charge in [-0.3, -0.25) is 9.59 Å². The maximum Gasteiger partial charge on any atom is 0.250 e. The van der Waals surface area contributed by atoms with Crippen LogP contribution in [0.25, 0.3) is 0 Å². The highest BCUT2D eigenvalue weighted by Gasteiger charge is 2.16. The summed E-state index contributed by atoms with van der Waals surface area (Å²) in [6.45, 7) is 1.81. The van der Waals surface area contributed by atoms with Crippen molar-refractivity contribution in [3.8, 4) is 5.75 Å². The van der Waals surface area contributed by atoms with Gasteiger partial charge in [-0.1, -0.05) is 11.6 Å². The maximum atomic E-state index is 12.3. The van der Waals surface area contributed by atoms with Crippen molar-refractivity contribution in [3.63, 3.8) is 0 Å². The Morgan fingerprint density at radius 2 is 1.88 bits per heavy atom. The number of methoxy groups -OCH3 is 1. The Kier molecular flexibility index (Phi) is 6.11. The number of nitrogens with two attached hydrogens (primary N) is 1. The van der Waals surface area contributed by atoms with Crippen LogP contribution in [-0.2, 0) is 4.79 Å². The first kappa shape index (κ1) is 18.2. The lowest BCUT2D eigenvalue weighted by atomic mass is 10.2. The molecule has 0 spiro atoms. The average Bonchev–Trinajstić information content (AvgIpc) is 2.55. The van der Waals surface area contributed by atoms with E-state index in [0.717, 1.165) is 10.6 Å². The molecule has 0 bridgehead atoms. The molecule has 1 atom stereocenters. The summed E-state index contributed by atoms with van der Waals surface area (Å²) in [6.07, 6.45) is 0. The molecule has 3 N–H and O–H groups in total. The van der Waals surface area contributed by atoms with Crippen molar-refractivity contribution in [2.75, 3.05) is 12.4 Å². The predicted octanol–water partition coefficient (Wildman–Crippen LogP) is 3.57. The standard InChI is InChI=1S/C17H17ClN2O3S/c1-10(24-13-6-4-12(23-2)5-7-13)17(22)20-11-3-8-14(16(19)21)15(18)9-11/h3-10H,1-2H3,(H2,19,21)(H,20,22). The number of ether oxygens (including phenoxy) is 1. The van der Waals surface area contributed by atoms with E-state index < -0.39 is 5.91 Å². The molecular weight excluding hydrogens is 348 g/mol. The lowest BCUT2D eigenvalue weighted by Gasteiger charge is -2.13. The number of hydrogen-bond acceptors (Lipinski definition) is 4. The van der Waals surface area contributed by atoms with E-state index in [2.05, 4.69) is 5.32 Å². The molecule has 0 radical (unpaired) electrons. The van der Waals surface area contributed by atoms with Gasteiger partial charge < -0.3 is 15.8 Å². The lowest BCUT2D eigenvalue weighted by Crippen LogP contribution is -2.22. The van der Waals surface area contributed by atoms with Gasteiger partial charge in [-0.25, -0.2) is 0 Å². The van der Waals surface area contributed by atoms with E-state index in [9.17, 15) is 9.59 Å². The van der Waals surface area contributed by atoms with Gasteiger partial charge in [-0.15, -0.1) is 11.8 Å². The van der Waals surface area contributed by atoms with Crippen LogP contribution in [0.2, 0.25) is 5.02 Å². The molecule has 7 heteroatoms. The van der Waals surface area contributed by atoms with Crippen LogP contribution in [0.1, 0.15) is 17.3 Å². The molecule has 2 aromatic rings. The van der Waals surface area contributed by atoms with Crippen LogP contribution in [0, 0.1) is 0 Å². The van der Waals surface area contributed by atoms with Crippen molar-refractivity contribution in [1.82, 2.24) is 0 Å². The van der Waals surface area contributed by atoms with Gasteiger partial charge in [0.15, 0.2) is 0 Å². The van der Waals surface area contributed by atoms with E-state index in [1.807, 2.05) is 31.2 Å². The van der Waals surface area contributed by atoms with E-state index >= 15 is 0 Å². The van der Waals surface area contributed by atoms with Crippen LogP contribution >= 0.6 is 23.4 Å². The second-order valence-electron chi connectivity index (χ2n) is 4.98. The summed E-state index contributed by atoms with van der Waals surface area (Å²) in [4.78, 5) is 24.4. The molecular formula is C17H17ClN2O3S. The van der Waals surface area contributed by atoms with Crippen molar-refractivity contribution in [3.05, 3.63) is 53.1 Å². The molecule has 0 aromatic heterocycles. The van der Waals surface area contributed by atoms with Crippen molar-refractivity contribution in [1.29, 1.82) is 0 Å². The van der Waals surface area contributed by atoms with Crippen LogP contribution in [0.15, 0.2) is 47.4 Å². The van der Waals surface area contributed by atoms with Gasteiger partial charge in [0.1, 0.15) is 5.75 Å². The summed E-state index contributed by atoms with van der Waals surface area (Å²) in [6, 6.07) is 12.1. The van der Waals surface area contributed by atoms with E-state index in [1.165, 1.54) is 23.9 Å². The third kappa shape index (κ3) is 4.66. The molecule has 126 valence electrons. The highest BCUT2D eigenvalue weighted by molar-refractivity contribution is 8.00. The molecule has 24 heavy (non-hydrogen) atoms. The van der Waals surface area contributed by atoms with Gasteiger partial charge in [-0.05, 0) is 49.4 Å². The van der Waals surface area contributed by atoms with E-state index in [4.69, 9.17) is 22.1 Å². The van der Waals surface area contributed by atoms with Crippen molar-refractivity contribution >= 4 is 40.9 Å². The Morgan fingerprint density at radius 1 is 1.21 bits per heavy atom. The first-order valence-corrected chi connectivity index (χ1v) is 8.37. The zero-order valence-electron chi connectivity index (χ0n) is 13.2.